The second-order valence-corrected chi connectivity index (χ2v) is 7.54. The van der Waals surface area contributed by atoms with Gasteiger partial charge in [0.1, 0.15) is 5.82 Å². The highest BCUT2D eigenvalue weighted by Crippen LogP contribution is 2.26. The van der Waals surface area contributed by atoms with Gasteiger partial charge in [-0.05, 0) is 44.0 Å². The predicted molar refractivity (Wildman–Crippen MR) is 114 cm³/mol. The molecule has 30 heavy (non-hydrogen) atoms. The van der Waals surface area contributed by atoms with Crippen molar-refractivity contribution in [3.05, 3.63) is 73.8 Å². The lowest BCUT2D eigenvalue weighted by Crippen LogP contribution is -2.26. The summed E-state index contributed by atoms with van der Waals surface area (Å²) in [4.78, 5) is 41.0. The fraction of sp³-hybridized carbons (Fsp3) is 0.318. The van der Waals surface area contributed by atoms with Gasteiger partial charge in [0.25, 0.3) is 17.2 Å². The van der Waals surface area contributed by atoms with Crippen LogP contribution in [0.2, 0.25) is 0 Å². The first-order valence-electron chi connectivity index (χ1n) is 10.0. The maximum absolute atomic E-state index is 12.9. The largest absolute Gasteiger partial charge is 0.321 e. The Morgan fingerprint density at radius 3 is 2.77 bits per heavy atom. The number of nitro groups is 1. The topological polar surface area (TPSA) is 107 Å². The average molecular weight is 406 g/mol. The first-order chi connectivity index (χ1) is 14.5. The number of benzene rings is 2. The van der Waals surface area contributed by atoms with Gasteiger partial charge < -0.3 is 5.32 Å². The van der Waals surface area contributed by atoms with Crippen LogP contribution in [0.5, 0.6) is 0 Å². The van der Waals surface area contributed by atoms with Crippen LogP contribution < -0.4 is 10.9 Å². The van der Waals surface area contributed by atoms with Crippen LogP contribution in [0.4, 0.5) is 11.4 Å². The van der Waals surface area contributed by atoms with Crippen LogP contribution in [0.3, 0.4) is 0 Å². The van der Waals surface area contributed by atoms with E-state index in [2.05, 4.69) is 10.3 Å². The standard InChI is InChI=1S/C22H22N4O4/c1-14-17(7-6-8-19(14)26(29)30)24-21(27)15-10-11-16-18(13-15)23-20-9-4-2-3-5-12-25(20)22(16)28/h6-8,10-11,13H,2-5,9,12H2,1H3,(H,24,27). The normalized spacial score (nSPS) is 13.9. The number of nitro benzene ring substituents is 1. The Bertz CT molecular complexity index is 1220. The molecule has 4 rings (SSSR count). The van der Waals surface area contributed by atoms with Gasteiger partial charge in [0, 0.05) is 24.6 Å². The molecule has 0 aliphatic carbocycles. The molecule has 1 amide bonds. The van der Waals surface area contributed by atoms with Gasteiger partial charge in [0.15, 0.2) is 0 Å². The van der Waals surface area contributed by atoms with E-state index in [1.165, 1.54) is 12.1 Å². The van der Waals surface area contributed by atoms with Crippen molar-refractivity contribution in [3.63, 3.8) is 0 Å². The number of rotatable bonds is 3. The quantitative estimate of drug-likeness (QED) is 0.523. The molecule has 0 atom stereocenters. The van der Waals surface area contributed by atoms with Crippen molar-refractivity contribution in [3.8, 4) is 0 Å². The van der Waals surface area contributed by atoms with Crippen molar-refractivity contribution in [2.45, 2.75) is 45.6 Å². The molecule has 0 saturated heterocycles. The number of amides is 1. The zero-order chi connectivity index (χ0) is 21.3. The van der Waals surface area contributed by atoms with E-state index in [1.807, 2.05) is 0 Å². The molecule has 0 fully saturated rings. The number of fused-ring (bicyclic) bond motifs is 2. The van der Waals surface area contributed by atoms with Gasteiger partial charge in [-0.15, -0.1) is 0 Å². The molecular weight excluding hydrogens is 384 g/mol. The van der Waals surface area contributed by atoms with Gasteiger partial charge in [0.05, 0.1) is 27.1 Å². The van der Waals surface area contributed by atoms with Crippen LogP contribution in [0, 0.1) is 17.0 Å². The van der Waals surface area contributed by atoms with E-state index < -0.39 is 10.8 Å². The molecule has 2 aromatic carbocycles. The summed E-state index contributed by atoms with van der Waals surface area (Å²) in [6.07, 6.45) is 4.93. The van der Waals surface area contributed by atoms with E-state index in [0.717, 1.165) is 37.9 Å². The zero-order valence-corrected chi connectivity index (χ0v) is 16.7. The third-order valence-corrected chi connectivity index (χ3v) is 5.58. The summed E-state index contributed by atoms with van der Waals surface area (Å²) >= 11 is 0. The van der Waals surface area contributed by atoms with E-state index in [-0.39, 0.29) is 11.2 Å². The molecule has 0 unspecified atom stereocenters. The Hall–Kier alpha value is -3.55. The molecule has 154 valence electrons. The van der Waals surface area contributed by atoms with Gasteiger partial charge in [-0.3, -0.25) is 24.3 Å². The summed E-state index contributed by atoms with van der Waals surface area (Å²) in [5, 5.41) is 14.3. The maximum Gasteiger partial charge on any atom is 0.274 e. The van der Waals surface area contributed by atoms with Gasteiger partial charge in [0.2, 0.25) is 0 Å². The number of aromatic nitrogens is 2. The molecule has 0 bridgehead atoms. The number of carbonyl (C=O) groups is 1. The lowest BCUT2D eigenvalue weighted by atomic mass is 10.1. The van der Waals surface area contributed by atoms with Gasteiger partial charge >= 0.3 is 0 Å². The molecule has 1 aliphatic rings. The molecule has 1 aliphatic heterocycles. The van der Waals surface area contributed by atoms with Crippen LogP contribution in [0.1, 0.15) is 47.4 Å². The van der Waals surface area contributed by atoms with Crippen molar-refractivity contribution in [2.75, 3.05) is 5.32 Å². The second-order valence-electron chi connectivity index (χ2n) is 7.54. The van der Waals surface area contributed by atoms with Crippen molar-refractivity contribution in [1.82, 2.24) is 9.55 Å². The smallest absolute Gasteiger partial charge is 0.274 e. The number of hydrogen-bond donors (Lipinski definition) is 1. The third-order valence-electron chi connectivity index (χ3n) is 5.58. The van der Waals surface area contributed by atoms with Crippen LogP contribution in [0.25, 0.3) is 10.9 Å². The number of carbonyl (C=O) groups excluding carboxylic acids is 1. The molecule has 8 heteroatoms. The highest BCUT2D eigenvalue weighted by atomic mass is 16.6. The summed E-state index contributed by atoms with van der Waals surface area (Å²) in [5.74, 6) is 0.355. The van der Waals surface area contributed by atoms with Gasteiger partial charge in [-0.25, -0.2) is 4.98 Å². The van der Waals surface area contributed by atoms with E-state index >= 15 is 0 Å². The van der Waals surface area contributed by atoms with Crippen molar-refractivity contribution < 1.29 is 9.72 Å². The van der Waals surface area contributed by atoms with Gasteiger partial charge in [-0.1, -0.05) is 18.9 Å². The van der Waals surface area contributed by atoms with Crippen molar-refractivity contribution in [2.24, 2.45) is 0 Å². The molecule has 0 spiro atoms. The van der Waals surface area contributed by atoms with E-state index in [0.29, 0.717) is 34.3 Å². The molecule has 1 N–H and O–H groups in total. The van der Waals surface area contributed by atoms with E-state index in [9.17, 15) is 19.7 Å². The van der Waals surface area contributed by atoms with Crippen molar-refractivity contribution >= 4 is 28.2 Å². The summed E-state index contributed by atoms with van der Waals surface area (Å²) in [6, 6.07) is 9.37. The second kappa shape index (κ2) is 8.06. The first kappa shape index (κ1) is 19.8. The molecular formula is C22H22N4O4. The Balaban J connectivity index is 1.69. The molecule has 1 aromatic heterocycles. The van der Waals surface area contributed by atoms with E-state index in [4.69, 9.17) is 0 Å². The monoisotopic (exact) mass is 406 g/mol. The number of nitrogens with zero attached hydrogens (tertiary/aromatic N) is 3. The number of aryl methyl sites for hydroxylation is 1. The SMILES string of the molecule is Cc1c(NC(=O)c2ccc3c(=O)n4c(nc3c2)CCCCCC4)cccc1[N+](=O)[O-]. The number of anilines is 1. The lowest BCUT2D eigenvalue weighted by Gasteiger charge is -2.16. The Kier molecular flexibility index (Phi) is 5.31. The van der Waals surface area contributed by atoms with Gasteiger partial charge in [-0.2, -0.15) is 0 Å². The fourth-order valence-electron chi connectivity index (χ4n) is 3.89. The number of nitrogens with one attached hydrogen (secondary N) is 1. The molecule has 0 saturated carbocycles. The summed E-state index contributed by atoms with van der Waals surface area (Å²) in [5.41, 5.74) is 1.47. The third kappa shape index (κ3) is 3.68. The van der Waals surface area contributed by atoms with Crippen LogP contribution >= 0.6 is 0 Å². The highest BCUT2D eigenvalue weighted by Gasteiger charge is 2.17. The zero-order valence-electron chi connectivity index (χ0n) is 16.7. The minimum Gasteiger partial charge on any atom is -0.321 e. The average Bonchev–Trinajstić information content (AvgIpc) is 2.70. The minimum atomic E-state index is -0.480. The van der Waals surface area contributed by atoms with E-state index in [1.54, 1.807) is 35.8 Å². The predicted octanol–water partition coefficient (Wildman–Crippen LogP) is 3.98. The first-order valence-corrected chi connectivity index (χ1v) is 10.0. The highest BCUT2D eigenvalue weighted by molar-refractivity contribution is 6.06. The number of hydrogen-bond acceptors (Lipinski definition) is 5. The summed E-state index contributed by atoms with van der Waals surface area (Å²) in [6.45, 7) is 2.26. The molecule has 8 nitrogen and oxygen atoms in total. The van der Waals surface area contributed by atoms with Crippen LogP contribution in [-0.2, 0) is 13.0 Å². The van der Waals surface area contributed by atoms with Crippen molar-refractivity contribution in [1.29, 1.82) is 0 Å². The molecule has 3 aromatic rings. The molecule has 0 radical (unpaired) electrons. The van der Waals surface area contributed by atoms with Crippen LogP contribution in [0.15, 0.2) is 41.2 Å². The Morgan fingerprint density at radius 1 is 1.17 bits per heavy atom. The Labute approximate surface area is 172 Å². The molecule has 2 heterocycles. The lowest BCUT2D eigenvalue weighted by molar-refractivity contribution is -0.385. The fourth-order valence-corrected chi connectivity index (χ4v) is 3.89. The van der Waals surface area contributed by atoms with Crippen LogP contribution in [-0.4, -0.2) is 20.4 Å². The minimum absolute atomic E-state index is 0.0559. The summed E-state index contributed by atoms with van der Waals surface area (Å²) in [7, 11) is 0. The summed E-state index contributed by atoms with van der Waals surface area (Å²) < 4.78 is 1.76. The Morgan fingerprint density at radius 2 is 1.97 bits per heavy atom. The maximum atomic E-state index is 12.9.